The summed E-state index contributed by atoms with van der Waals surface area (Å²) in [5, 5.41) is 0. The highest BCUT2D eigenvalue weighted by atomic mass is 79.9. The van der Waals surface area contributed by atoms with Crippen LogP contribution in [0.25, 0.3) is 0 Å². The molecule has 0 aliphatic heterocycles. The Morgan fingerprint density at radius 3 is 2.87 bits per heavy atom. The Morgan fingerprint density at radius 2 is 2.27 bits per heavy atom. The van der Waals surface area contributed by atoms with Gasteiger partial charge in [0.05, 0.1) is 11.1 Å². The maximum absolute atomic E-state index is 10.3. The first kappa shape index (κ1) is 10.7. The van der Waals surface area contributed by atoms with Crippen LogP contribution in [0.3, 0.4) is 0 Å². The van der Waals surface area contributed by atoms with E-state index in [4.69, 9.17) is 4.74 Å². The summed E-state index contributed by atoms with van der Waals surface area (Å²) in [6.07, 6.45) is 3.95. The van der Waals surface area contributed by atoms with Crippen molar-refractivity contribution in [3.05, 3.63) is 28.2 Å². The van der Waals surface area contributed by atoms with Gasteiger partial charge in [-0.1, -0.05) is 6.07 Å². The van der Waals surface area contributed by atoms with Crippen LogP contribution in [0.2, 0.25) is 0 Å². The van der Waals surface area contributed by atoms with E-state index in [-0.39, 0.29) is 0 Å². The molecule has 0 N–H and O–H groups in total. The van der Waals surface area contributed by atoms with E-state index in [1.807, 2.05) is 18.2 Å². The average Bonchev–Trinajstić information content (AvgIpc) is 3.01. The molecule has 0 saturated heterocycles. The first-order chi connectivity index (χ1) is 7.29. The number of hydrogen-bond acceptors (Lipinski definition) is 2. The van der Waals surface area contributed by atoms with Gasteiger partial charge < -0.3 is 9.53 Å². The molecule has 1 saturated carbocycles. The van der Waals surface area contributed by atoms with Crippen LogP contribution in [0.1, 0.15) is 18.4 Å². The zero-order chi connectivity index (χ0) is 10.7. The summed E-state index contributed by atoms with van der Waals surface area (Å²) in [6.45, 7) is 0.811. The highest BCUT2D eigenvalue weighted by Gasteiger charge is 2.22. The van der Waals surface area contributed by atoms with Gasteiger partial charge in [0.2, 0.25) is 0 Å². The molecule has 0 heterocycles. The van der Waals surface area contributed by atoms with Crippen LogP contribution in [0.5, 0.6) is 5.75 Å². The summed E-state index contributed by atoms with van der Waals surface area (Å²) in [4.78, 5) is 10.3. The summed E-state index contributed by atoms with van der Waals surface area (Å²) >= 11 is 3.45. The van der Waals surface area contributed by atoms with Crippen LogP contribution < -0.4 is 4.74 Å². The third-order valence-electron chi connectivity index (χ3n) is 2.49. The SMILES string of the molecule is O=CCc1ccc(OCC2CC2)c(Br)c1. The van der Waals surface area contributed by atoms with Gasteiger partial charge in [-0.25, -0.2) is 0 Å². The number of carbonyl (C=O) groups is 1. The molecule has 0 bridgehead atoms. The van der Waals surface area contributed by atoms with Crippen LogP contribution in [-0.4, -0.2) is 12.9 Å². The molecule has 0 amide bonds. The van der Waals surface area contributed by atoms with Crippen LogP contribution in [0, 0.1) is 5.92 Å². The summed E-state index contributed by atoms with van der Waals surface area (Å²) in [5.74, 6) is 1.63. The molecule has 2 nitrogen and oxygen atoms in total. The van der Waals surface area contributed by atoms with Crippen molar-refractivity contribution in [1.29, 1.82) is 0 Å². The van der Waals surface area contributed by atoms with E-state index in [0.717, 1.165) is 34.6 Å². The lowest BCUT2D eigenvalue weighted by atomic mass is 10.2. The van der Waals surface area contributed by atoms with E-state index in [0.29, 0.717) is 6.42 Å². The molecular formula is C12H13BrO2. The van der Waals surface area contributed by atoms with Gasteiger partial charge in [-0.15, -0.1) is 0 Å². The van der Waals surface area contributed by atoms with Crippen molar-refractivity contribution in [2.45, 2.75) is 19.3 Å². The number of aldehydes is 1. The van der Waals surface area contributed by atoms with Crippen molar-refractivity contribution >= 4 is 22.2 Å². The zero-order valence-electron chi connectivity index (χ0n) is 8.41. The van der Waals surface area contributed by atoms with E-state index in [9.17, 15) is 4.79 Å². The molecule has 0 spiro atoms. The number of benzene rings is 1. The van der Waals surface area contributed by atoms with Gasteiger partial charge in [0.1, 0.15) is 12.0 Å². The Labute approximate surface area is 97.8 Å². The van der Waals surface area contributed by atoms with Gasteiger partial charge >= 0.3 is 0 Å². The minimum absolute atomic E-state index is 0.460. The first-order valence-electron chi connectivity index (χ1n) is 5.14. The molecule has 1 aliphatic rings. The minimum Gasteiger partial charge on any atom is -0.492 e. The van der Waals surface area contributed by atoms with Crippen molar-refractivity contribution in [3.8, 4) is 5.75 Å². The second-order valence-electron chi connectivity index (χ2n) is 3.89. The van der Waals surface area contributed by atoms with E-state index in [2.05, 4.69) is 15.9 Å². The van der Waals surface area contributed by atoms with E-state index >= 15 is 0 Å². The molecular weight excluding hydrogens is 256 g/mol. The third-order valence-corrected chi connectivity index (χ3v) is 3.11. The van der Waals surface area contributed by atoms with Crippen molar-refractivity contribution in [3.63, 3.8) is 0 Å². The fourth-order valence-corrected chi connectivity index (χ4v) is 1.92. The van der Waals surface area contributed by atoms with E-state index in [1.54, 1.807) is 0 Å². The highest BCUT2D eigenvalue weighted by Crippen LogP contribution is 2.32. The molecule has 3 heteroatoms. The normalized spacial score (nSPS) is 15.0. The summed E-state index contributed by atoms with van der Waals surface area (Å²) < 4.78 is 6.59. The topological polar surface area (TPSA) is 26.3 Å². The van der Waals surface area contributed by atoms with Crippen LogP contribution in [0.4, 0.5) is 0 Å². The monoisotopic (exact) mass is 268 g/mol. The van der Waals surface area contributed by atoms with Crippen molar-refractivity contribution in [2.75, 3.05) is 6.61 Å². The van der Waals surface area contributed by atoms with E-state index < -0.39 is 0 Å². The molecule has 0 aromatic heterocycles. The second kappa shape index (κ2) is 4.79. The summed E-state index contributed by atoms with van der Waals surface area (Å²) in [7, 11) is 0. The lowest BCUT2D eigenvalue weighted by molar-refractivity contribution is -0.107. The first-order valence-corrected chi connectivity index (χ1v) is 5.94. The predicted octanol–water partition coefficient (Wildman–Crippen LogP) is 2.98. The fourth-order valence-electron chi connectivity index (χ4n) is 1.38. The quantitative estimate of drug-likeness (QED) is 0.768. The zero-order valence-corrected chi connectivity index (χ0v) is 10.00. The van der Waals surface area contributed by atoms with Crippen LogP contribution in [-0.2, 0) is 11.2 Å². The van der Waals surface area contributed by atoms with Gasteiger partial charge in [0.15, 0.2) is 0 Å². The molecule has 0 radical (unpaired) electrons. The minimum atomic E-state index is 0.460. The van der Waals surface area contributed by atoms with Crippen LogP contribution in [0.15, 0.2) is 22.7 Å². The van der Waals surface area contributed by atoms with Gasteiger partial charge in [0.25, 0.3) is 0 Å². The van der Waals surface area contributed by atoms with Gasteiger partial charge in [-0.2, -0.15) is 0 Å². The maximum atomic E-state index is 10.3. The largest absolute Gasteiger partial charge is 0.492 e. The lowest BCUT2D eigenvalue weighted by Gasteiger charge is -2.08. The lowest BCUT2D eigenvalue weighted by Crippen LogP contribution is -1.99. The standard InChI is InChI=1S/C12H13BrO2/c13-11-7-9(5-6-14)3-4-12(11)15-8-10-1-2-10/h3-4,6-7,10H,1-2,5,8H2. The van der Waals surface area contributed by atoms with Gasteiger partial charge in [-0.3, -0.25) is 0 Å². The van der Waals surface area contributed by atoms with Crippen molar-refractivity contribution in [1.82, 2.24) is 0 Å². The Morgan fingerprint density at radius 1 is 1.47 bits per heavy atom. The van der Waals surface area contributed by atoms with Gasteiger partial charge in [0, 0.05) is 6.42 Å². The Hall–Kier alpha value is -0.830. The number of rotatable bonds is 5. The Kier molecular flexibility index (Phi) is 3.41. The van der Waals surface area contributed by atoms with Gasteiger partial charge in [-0.05, 0) is 52.4 Å². The van der Waals surface area contributed by atoms with E-state index in [1.165, 1.54) is 12.8 Å². The molecule has 1 aromatic carbocycles. The molecule has 2 rings (SSSR count). The molecule has 1 aromatic rings. The second-order valence-corrected chi connectivity index (χ2v) is 4.74. The predicted molar refractivity (Wildman–Crippen MR) is 62.1 cm³/mol. The number of carbonyl (C=O) groups excluding carboxylic acids is 1. The van der Waals surface area contributed by atoms with Crippen molar-refractivity contribution in [2.24, 2.45) is 5.92 Å². The number of halogens is 1. The molecule has 1 aliphatic carbocycles. The Bertz CT molecular complexity index is 359. The van der Waals surface area contributed by atoms with Crippen LogP contribution >= 0.6 is 15.9 Å². The molecule has 1 fully saturated rings. The molecule has 15 heavy (non-hydrogen) atoms. The molecule has 0 unspecified atom stereocenters. The molecule has 0 atom stereocenters. The molecule has 80 valence electrons. The third kappa shape index (κ3) is 3.06. The average molecular weight is 269 g/mol. The number of hydrogen-bond donors (Lipinski definition) is 0. The van der Waals surface area contributed by atoms with Crippen molar-refractivity contribution < 1.29 is 9.53 Å². The summed E-state index contributed by atoms with van der Waals surface area (Å²) in [5.41, 5.74) is 1.01. The summed E-state index contributed by atoms with van der Waals surface area (Å²) in [6, 6.07) is 5.79. The Balaban J connectivity index is 2.00. The smallest absolute Gasteiger partial charge is 0.133 e. The fraction of sp³-hybridized carbons (Fsp3) is 0.417. The number of ether oxygens (including phenoxy) is 1. The maximum Gasteiger partial charge on any atom is 0.133 e. The highest BCUT2D eigenvalue weighted by molar-refractivity contribution is 9.10.